The lowest BCUT2D eigenvalue weighted by molar-refractivity contribution is 0.577. The Hall–Kier alpha value is -0.850. The molecule has 2 fully saturated rings. The second-order valence-electron chi connectivity index (χ2n) is 5.88. The maximum Gasteiger partial charge on any atom is 0.242 e. The fourth-order valence-corrected chi connectivity index (χ4v) is 3.53. The fraction of sp³-hybridized carbons (Fsp3) is 0.714. The molecule has 1 aromatic rings. The molecule has 0 spiro atoms. The molecule has 1 heterocycles. The van der Waals surface area contributed by atoms with Gasteiger partial charge in [0.2, 0.25) is 10.0 Å². The summed E-state index contributed by atoms with van der Waals surface area (Å²) in [6, 6.07) is 2.31. The predicted molar refractivity (Wildman–Crippen MR) is 78.0 cm³/mol. The van der Waals surface area contributed by atoms with Gasteiger partial charge < -0.3 is 9.88 Å². The summed E-state index contributed by atoms with van der Waals surface area (Å²) in [6.45, 7) is 4.25. The van der Waals surface area contributed by atoms with Gasteiger partial charge in [0.25, 0.3) is 0 Å². The van der Waals surface area contributed by atoms with E-state index in [1.165, 1.54) is 0 Å². The van der Waals surface area contributed by atoms with Crippen molar-refractivity contribution >= 4 is 10.0 Å². The van der Waals surface area contributed by atoms with Crippen LogP contribution in [-0.4, -0.2) is 26.1 Å². The van der Waals surface area contributed by atoms with Crippen LogP contribution in [0.1, 0.15) is 44.3 Å². The van der Waals surface area contributed by atoms with Crippen LogP contribution in [0, 0.1) is 5.92 Å². The van der Waals surface area contributed by atoms with E-state index < -0.39 is 10.0 Å². The van der Waals surface area contributed by atoms with Gasteiger partial charge >= 0.3 is 0 Å². The molecule has 2 saturated carbocycles. The smallest absolute Gasteiger partial charge is 0.242 e. The molecule has 0 amide bonds. The highest BCUT2D eigenvalue weighted by Gasteiger charge is 2.29. The van der Waals surface area contributed by atoms with E-state index in [2.05, 4.69) is 21.5 Å². The maximum atomic E-state index is 12.3. The van der Waals surface area contributed by atoms with E-state index >= 15 is 0 Å². The summed E-state index contributed by atoms with van der Waals surface area (Å²) in [4.78, 5) is 0.415. The topological polar surface area (TPSA) is 63.1 Å². The number of sulfonamides is 1. The molecule has 2 N–H and O–H groups in total. The van der Waals surface area contributed by atoms with Crippen LogP contribution in [-0.2, 0) is 16.6 Å². The fourth-order valence-electron chi connectivity index (χ4n) is 2.36. The Morgan fingerprint density at radius 2 is 2.05 bits per heavy atom. The molecule has 6 heteroatoms. The zero-order valence-electron chi connectivity index (χ0n) is 11.9. The number of hydrogen-bond acceptors (Lipinski definition) is 3. The molecule has 0 aromatic carbocycles. The average Bonchev–Trinajstić information content (AvgIpc) is 3.32. The zero-order chi connectivity index (χ0) is 14.2. The van der Waals surface area contributed by atoms with Gasteiger partial charge in [-0.2, -0.15) is 0 Å². The van der Waals surface area contributed by atoms with Crippen LogP contribution in [0.3, 0.4) is 0 Å². The third-order valence-electron chi connectivity index (χ3n) is 3.97. The Morgan fingerprint density at radius 1 is 1.30 bits per heavy atom. The van der Waals surface area contributed by atoms with E-state index in [0.29, 0.717) is 23.4 Å². The van der Waals surface area contributed by atoms with Crippen molar-refractivity contribution in [3.63, 3.8) is 0 Å². The standard InChI is InChI=1S/C14H23N3O2S/c1-2-15-9-13-7-14(10-17(13)12-5-6-12)20(18,19)16-8-11-3-4-11/h7,10-12,15-16H,2-6,8-9H2,1H3. The molecule has 2 aliphatic rings. The van der Waals surface area contributed by atoms with E-state index in [4.69, 9.17) is 0 Å². The summed E-state index contributed by atoms with van der Waals surface area (Å²) in [5.41, 5.74) is 1.07. The lowest BCUT2D eigenvalue weighted by atomic mass is 10.4. The highest BCUT2D eigenvalue weighted by Crippen LogP contribution is 2.37. The molecule has 5 nitrogen and oxygen atoms in total. The monoisotopic (exact) mass is 297 g/mol. The third-order valence-corrected chi connectivity index (χ3v) is 5.36. The van der Waals surface area contributed by atoms with Crippen molar-refractivity contribution in [2.24, 2.45) is 5.92 Å². The highest BCUT2D eigenvalue weighted by molar-refractivity contribution is 7.89. The number of hydrogen-bond donors (Lipinski definition) is 2. The average molecular weight is 297 g/mol. The van der Waals surface area contributed by atoms with Crippen LogP contribution in [0.25, 0.3) is 0 Å². The summed E-state index contributed by atoms with van der Waals surface area (Å²) in [7, 11) is -3.35. The van der Waals surface area contributed by atoms with Gasteiger partial charge in [-0.1, -0.05) is 6.92 Å². The lowest BCUT2D eigenvalue weighted by Crippen LogP contribution is -2.25. The van der Waals surface area contributed by atoms with Crippen molar-refractivity contribution in [2.45, 2.75) is 50.1 Å². The number of nitrogens with zero attached hydrogens (tertiary/aromatic N) is 1. The quantitative estimate of drug-likeness (QED) is 0.766. The minimum Gasteiger partial charge on any atom is -0.346 e. The first-order valence-corrected chi connectivity index (χ1v) is 8.99. The largest absolute Gasteiger partial charge is 0.346 e. The van der Waals surface area contributed by atoms with Crippen LogP contribution >= 0.6 is 0 Å². The third kappa shape index (κ3) is 3.24. The second-order valence-corrected chi connectivity index (χ2v) is 7.65. The Balaban J connectivity index is 1.77. The summed E-state index contributed by atoms with van der Waals surface area (Å²) in [6.07, 6.45) is 6.42. The highest BCUT2D eigenvalue weighted by atomic mass is 32.2. The molecule has 0 unspecified atom stereocenters. The van der Waals surface area contributed by atoms with Gasteiger partial charge in [0.15, 0.2) is 0 Å². The molecular weight excluding hydrogens is 274 g/mol. The van der Waals surface area contributed by atoms with Gasteiger partial charge in [-0.15, -0.1) is 0 Å². The zero-order valence-corrected chi connectivity index (χ0v) is 12.7. The first-order valence-electron chi connectivity index (χ1n) is 7.51. The van der Waals surface area contributed by atoms with E-state index in [0.717, 1.165) is 44.5 Å². The van der Waals surface area contributed by atoms with E-state index in [1.807, 2.05) is 6.07 Å². The molecule has 2 aliphatic carbocycles. The first-order chi connectivity index (χ1) is 9.60. The van der Waals surface area contributed by atoms with Crippen LogP contribution < -0.4 is 10.0 Å². The maximum absolute atomic E-state index is 12.3. The van der Waals surface area contributed by atoms with Crippen molar-refractivity contribution in [2.75, 3.05) is 13.1 Å². The lowest BCUT2D eigenvalue weighted by Gasteiger charge is -2.07. The van der Waals surface area contributed by atoms with Gasteiger partial charge in [-0.05, 0) is 44.2 Å². The SMILES string of the molecule is CCNCc1cc(S(=O)(=O)NCC2CC2)cn1C1CC1. The summed E-state index contributed by atoms with van der Waals surface area (Å²) >= 11 is 0. The van der Waals surface area contributed by atoms with Gasteiger partial charge in [-0.3, -0.25) is 0 Å². The van der Waals surface area contributed by atoms with E-state index in [9.17, 15) is 8.42 Å². The molecule has 112 valence electrons. The predicted octanol–water partition coefficient (Wildman–Crippen LogP) is 1.62. The minimum absolute atomic E-state index is 0.415. The summed E-state index contributed by atoms with van der Waals surface area (Å²) in [5.74, 6) is 0.552. The molecule has 20 heavy (non-hydrogen) atoms. The normalized spacial score (nSPS) is 19.4. The van der Waals surface area contributed by atoms with Crippen LogP contribution in [0.15, 0.2) is 17.2 Å². The molecule has 3 rings (SSSR count). The molecular formula is C14H23N3O2S. The Kier molecular flexibility index (Phi) is 3.88. The second kappa shape index (κ2) is 5.50. The summed E-state index contributed by atoms with van der Waals surface area (Å²) in [5, 5.41) is 3.28. The van der Waals surface area contributed by atoms with E-state index in [1.54, 1.807) is 6.20 Å². The van der Waals surface area contributed by atoms with E-state index in [-0.39, 0.29) is 0 Å². The van der Waals surface area contributed by atoms with Gasteiger partial charge in [0.1, 0.15) is 0 Å². The van der Waals surface area contributed by atoms with Crippen molar-refractivity contribution < 1.29 is 8.42 Å². The van der Waals surface area contributed by atoms with Crippen molar-refractivity contribution in [3.05, 3.63) is 18.0 Å². The van der Waals surface area contributed by atoms with Crippen molar-refractivity contribution in [1.82, 2.24) is 14.6 Å². The Morgan fingerprint density at radius 3 is 2.65 bits per heavy atom. The number of rotatable bonds is 8. The molecule has 0 saturated heterocycles. The molecule has 1 aromatic heterocycles. The number of nitrogens with one attached hydrogen (secondary N) is 2. The van der Waals surface area contributed by atoms with Gasteiger partial charge in [0, 0.05) is 31.0 Å². The van der Waals surface area contributed by atoms with Crippen LogP contribution in [0.4, 0.5) is 0 Å². The van der Waals surface area contributed by atoms with Crippen molar-refractivity contribution in [3.8, 4) is 0 Å². The molecule has 0 bridgehead atoms. The van der Waals surface area contributed by atoms with Gasteiger partial charge in [-0.25, -0.2) is 13.1 Å². The number of aromatic nitrogens is 1. The van der Waals surface area contributed by atoms with Gasteiger partial charge in [0.05, 0.1) is 4.90 Å². The Bertz CT molecular complexity index is 571. The molecule has 0 radical (unpaired) electrons. The summed E-state index contributed by atoms with van der Waals surface area (Å²) < 4.78 is 29.5. The van der Waals surface area contributed by atoms with Crippen LogP contribution in [0.2, 0.25) is 0 Å². The van der Waals surface area contributed by atoms with Crippen molar-refractivity contribution in [1.29, 1.82) is 0 Å². The Labute approximate surface area is 120 Å². The first kappa shape index (κ1) is 14.1. The minimum atomic E-state index is -3.35. The van der Waals surface area contributed by atoms with Crippen LogP contribution in [0.5, 0.6) is 0 Å². The molecule has 0 aliphatic heterocycles. The molecule has 0 atom stereocenters.